The van der Waals surface area contributed by atoms with E-state index in [1.165, 1.54) is 67.7 Å². The highest BCUT2D eigenvalue weighted by molar-refractivity contribution is 5.79. The summed E-state index contributed by atoms with van der Waals surface area (Å²) in [7, 11) is 0. The molecule has 4 unspecified atom stereocenters. The fourth-order valence-electron chi connectivity index (χ4n) is 7.50. The number of allylic oxidation sites excluding steroid dienone is 1. The van der Waals surface area contributed by atoms with E-state index in [-0.39, 0.29) is 6.04 Å². The molecule has 256 valence electrons. The lowest BCUT2D eigenvalue weighted by atomic mass is 9.86. The van der Waals surface area contributed by atoms with Crippen molar-refractivity contribution in [2.75, 3.05) is 5.32 Å². The Balaban J connectivity index is 1.09. The summed E-state index contributed by atoms with van der Waals surface area (Å²) >= 11 is 0. The quantitative estimate of drug-likeness (QED) is 0.125. The zero-order chi connectivity index (χ0) is 34.9. The lowest BCUT2D eigenvalue weighted by Gasteiger charge is -2.28. The number of rotatable bonds is 14. The molecule has 4 atom stereocenters. The van der Waals surface area contributed by atoms with E-state index in [1.54, 1.807) is 0 Å². The van der Waals surface area contributed by atoms with Crippen molar-refractivity contribution in [1.29, 1.82) is 0 Å². The molecule has 1 heterocycles. The summed E-state index contributed by atoms with van der Waals surface area (Å²) in [5, 5.41) is 3.98. The average molecular weight is 658 g/mol. The number of anilines is 1. The monoisotopic (exact) mass is 657 g/mol. The van der Waals surface area contributed by atoms with Crippen LogP contribution in [0, 0.1) is 6.92 Å². The van der Waals surface area contributed by atoms with Gasteiger partial charge in [0, 0.05) is 5.69 Å². The third-order valence-electron chi connectivity index (χ3n) is 10.9. The van der Waals surface area contributed by atoms with E-state index in [1.807, 2.05) is 0 Å². The van der Waals surface area contributed by atoms with Gasteiger partial charge in [-0.2, -0.15) is 0 Å². The molecule has 0 spiro atoms. The Morgan fingerprint density at radius 2 is 1.42 bits per heavy atom. The van der Waals surface area contributed by atoms with Crippen LogP contribution in [0.3, 0.4) is 0 Å². The Kier molecular flexibility index (Phi) is 11.9. The van der Waals surface area contributed by atoms with Gasteiger partial charge in [-0.3, -0.25) is 0 Å². The van der Waals surface area contributed by atoms with Crippen LogP contribution in [-0.4, -0.2) is 0 Å². The van der Waals surface area contributed by atoms with Crippen molar-refractivity contribution in [2.45, 2.75) is 96.9 Å². The highest BCUT2D eigenvalue weighted by Crippen LogP contribution is 2.40. The first kappa shape index (κ1) is 35.2. The van der Waals surface area contributed by atoms with Gasteiger partial charge in [0.25, 0.3) is 0 Å². The summed E-state index contributed by atoms with van der Waals surface area (Å²) in [6.07, 6.45) is 16.1. The van der Waals surface area contributed by atoms with E-state index in [2.05, 4.69) is 180 Å². The largest absolute Gasteiger partial charge is 0.374 e. The van der Waals surface area contributed by atoms with Crippen LogP contribution in [0.5, 0.6) is 0 Å². The number of benzene rings is 5. The van der Waals surface area contributed by atoms with Crippen LogP contribution < -0.4 is 5.32 Å². The number of nitrogens with one attached hydrogen (secondary N) is 1. The zero-order valence-electron chi connectivity index (χ0n) is 30.8. The second kappa shape index (κ2) is 16.9. The van der Waals surface area contributed by atoms with E-state index < -0.39 is 0 Å². The highest BCUT2D eigenvalue weighted by Gasteiger charge is 2.22. The SMILES string of the molecule is CCC(C)c1c(/C=C\C(C)c2ccccc2)ccc2c1NC(c1cccc(CCCc3ccc(CCC(C)c4ccccc4)c(C)c3)c1)C=C2. The van der Waals surface area contributed by atoms with E-state index in [0.717, 1.165) is 32.1 Å². The molecule has 0 bridgehead atoms. The summed E-state index contributed by atoms with van der Waals surface area (Å²) < 4.78 is 0. The van der Waals surface area contributed by atoms with Crippen LogP contribution in [0.25, 0.3) is 12.2 Å². The first-order valence-electron chi connectivity index (χ1n) is 19.0. The molecule has 5 aromatic carbocycles. The maximum atomic E-state index is 3.98. The molecule has 0 aliphatic carbocycles. The Morgan fingerprint density at radius 1 is 0.700 bits per heavy atom. The van der Waals surface area contributed by atoms with Crippen molar-refractivity contribution in [3.05, 3.63) is 183 Å². The van der Waals surface area contributed by atoms with E-state index in [4.69, 9.17) is 0 Å². The summed E-state index contributed by atoms with van der Waals surface area (Å²) in [6, 6.07) is 42.8. The van der Waals surface area contributed by atoms with E-state index >= 15 is 0 Å². The van der Waals surface area contributed by atoms with Crippen molar-refractivity contribution in [3.8, 4) is 0 Å². The molecule has 5 aromatic rings. The molecule has 0 saturated carbocycles. The summed E-state index contributed by atoms with van der Waals surface area (Å²) in [5.41, 5.74) is 15.2. The molecule has 1 heteroatoms. The Bertz CT molecular complexity index is 1900. The van der Waals surface area contributed by atoms with E-state index in [0.29, 0.717) is 17.8 Å². The van der Waals surface area contributed by atoms with Crippen LogP contribution in [0.2, 0.25) is 0 Å². The van der Waals surface area contributed by atoms with Gasteiger partial charge in [0.1, 0.15) is 0 Å². The number of hydrogen-bond donors (Lipinski definition) is 1. The van der Waals surface area contributed by atoms with Gasteiger partial charge in [-0.05, 0) is 119 Å². The molecule has 1 aliphatic heterocycles. The van der Waals surface area contributed by atoms with Gasteiger partial charge in [0.2, 0.25) is 0 Å². The van der Waals surface area contributed by atoms with Crippen molar-refractivity contribution < 1.29 is 0 Å². The topological polar surface area (TPSA) is 12.0 Å². The summed E-state index contributed by atoms with van der Waals surface area (Å²) in [6.45, 7) is 11.6. The minimum atomic E-state index is 0.160. The van der Waals surface area contributed by atoms with Crippen LogP contribution in [-0.2, 0) is 19.3 Å². The molecular formula is C49H55N. The maximum Gasteiger partial charge on any atom is 0.0701 e. The molecule has 0 radical (unpaired) electrons. The van der Waals surface area contributed by atoms with Gasteiger partial charge in [0.05, 0.1) is 6.04 Å². The lowest BCUT2D eigenvalue weighted by Crippen LogP contribution is -2.16. The highest BCUT2D eigenvalue weighted by atomic mass is 14.9. The molecule has 0 saturated heterocycles. The van der Waals surface area contributed by atoms with Crippen LogP contribution in [0.15, 0.2) is 127 Å². The first-order valence-corrected chi connectivity index (χ1v) is 19.0. The molecule has 50 heavy (non-hydrogen) atoms. The average Bonchev–Trinajstić information content (AvgIpc) is 3.16. The van der Waals surface area contributed by atoms with Gasteiger partial charge >= 0.3 is 0 Å². The van der Waals surface area contributed by atoms with Crippen molar-refractivity contribution >= 4 is 17.8 Å². The Labute approximate surface area is 302 Å². The molecule has 0 amide bonds. The van der Waals surface area contributed by atoms with Crippen molar-refractivity contribution in [3.63, 3.8) is 0 Å². The second-order valence-corrected chi connectivity index (χ2v) is 14.6. The molecule has 6 rings (SSSR count). The molecular weight excluding hydrogens is 603 g/mol. The minimum absolute atomic E-state index is 0.160. The molecule has 1 aliphatic rings. The third-order valence-corrected chi connectivity index (χ3v) is 10.9. The standard InChI is InChI=1S/C49H55N/c1-6-35(2)48-44(27-24-37(4)42-20-11-8-12-21-42)29-30-45-31-32-47(50-49(45)48)46-22-14-17-39(34-46)15-13-16-40-25-28-43(38(5)33-40)26-23-36(3)41-18-9-7-10-19-41/h7-12,14,17-22,24-25,27-37,47,50H,6,13,15-16,23,26H2,1-5H3/b27-24-. The molecule has 0 fully saturated rings. The minimum Gasteiger partial charge on any atom is -0.374 e. The van der Waals surface area contributed by atoms with Gasteiger partial charge in [-0.15, -0.1) is 0 Å². The molecule has 1 N–H and O–H groups in total. The fourth-order valence-corrected chi connectivity index (χ4v) is 7.50. The summed E-state index contributed by atoms with van der Waals surface area (Å²) in [4.78, 5) is 0. The van der Waals surface area contributed by atoms with Crippen LogP contribution in [0.4, 0.5) is 5.69 Å². The number of hydrogen-bond acceptors (Lipinski definition) is 1. The van der Waals surface area contributed by atoms with Gasteiger partial charge in [0.15, 0.2) is 0 Å². The zero-order valence-corrected chi connectivity index (χ0v) is 30.8. The third kappa shape index (κ3) is 8.75. The Morgan fingerprint density at radius 3 is 2.14 bits per heavy atom. The summed E-state index contributed by atoms with van der Waals surface area (Å²) in [5.74, 6) is 1.40. The first-order chi connectivity index (χ1) is 24.4. The maximum absolute atomic E-state index is 3.98. The van der Waals surface area contributed by atoms with Gasteiger partial charge in [-0.25, -0.2) is 0 Å². The van der Waals surface area contributed by atoms with Crippen molar-refractivity contribution in [2.24, 2.45) is 0 Å². The predicted octanol–water partition coefficient (Wildman–Crippen LogP) is 13.4. The predicted molar refractivity (Wildman–Crippen MR) is 217 cm³/mol. The molecule has 1 nitrogen and oxygen atoms in total. The second-order valence-electron chi connectivity index (χ2n) is 14.6. The number of aryl methyl sites for hydroxylation is 4. The van der Waals surface area contributed by atoms with Crippen LogP contribution >= 0.6 is 0 Å². The van der Waals surface area contributed by atoms with Gasteiger partial charge in [-0.1, -0.05) is 167 Å². The Hall–Kier alpha value is -4.62. The number of fused-ring (bicyclic) bond motifs is 1. The van der Waals surface area contributed by atoms with Crippen molar-refractivity contribution in [1.82, 2.24) is 0 Å². The van der Waals surface area contributed by atoms with Gasteiger partial charge < -0.3 is 5.32 Å². The fraction of sp³-hybridized carbons (Fsp3) is 0.306. The van der Waals surface area contributed by atoms with Crippen LogP contribution in [0.1, 0.15) is 126 Å². The molecule has 0 aromatic heterocycles. The normalized spacial score (nSPS) is 15.7. The smallest absolute Gasteiger partial charge is 0.0701 e. The van der Waals surface area contributed by atoms with E-state index in [9.17, 15) is 0 Å². The lowest BCUT2D eigenvalue weighted by molar-refractivity contribution is 0.677.